The van der Waals surface area contributed by atoms with E-state index in [9.17, 15) is 8.78 Å². The van der Waals surface area contributed by atoms with Crippen LogP contribution in [0.4, 0.5) is 8.78 Å². The van der Waals surface area contributed by atoms with Crippen LogP contribution in [0, 0.1) is 17.6 Å². The third kappa shape index (κ3) is 5.95. The smallest absolute Gasteiger partial charge is 0.165 e. The molecular formula is C27H31F2N3O. The van der Waals surface area contributed by atoms with Gasteiger partial charge in [0.1, 0.15) is 12.4 Å². The first-order chi connectivity index (χ1) is 16.0. The molecule has 1 unspecified atom stereocenters. The monoisotopic (exact) mass is 451 g/mol. The molecule has 1 N–H and O–H groups in total. The molecule has 1 fully saturated rings. The summed E-state index contributed by atoms with van der Waals surface area (Å²) in [4.78, 5) is 6.96. The maximum absolute atomic E-state index is 13.7. The van der Waals surface area contributed by atoms with Gasteiger partial charge < -0.3 is 10.1 Å². The lowest BCUT2D eigenvalue weighted by Crippen LogP contribution is -2.46. The van der Waals surface area contributed by atoms with Crippen LogP contribution in [0.2, 0.25) is 0 Å². The summed E-state index contributed by atoms with van der Waals surface area (Å²) in [6.45, 7) is 6.21. The molecule has 0 amide bonds. The van der Waals surface area contributed by atoms with Gasteiger partial charge in [0, 0.05) is 12.7 Å². The van der Waals surface area contributed by atoms with Gasteiger partial charge in [0.15, 0.2) is 11.6 Å². The molecule has 33 heavy (non-hydrogen) atoms. The minimum absolute atomic E-state index is 0.242. The van der Waals surface area contributed by atoms with E-state index in [-0.39, 0.29) is 11.6 Å². The first kappa shape index (κ1) is 23.3. The highest BCUT2D eigenvalue weighted by Crippen LogP contribution is 2.29. The molecule has 6 heteroatoms. The molecule has 1 saturated heterocycles. The Bertz CT molecular complexity index is 1010. The third-order valence-corrected chi connectivity index (χ3v) is 6.55. The number of hydrogen-bond donors (Lipinski definition) is 1. The van der Waals surface area contributed by atoms with E-state index in [0.29, 0.717) is 18.3 Å². The quantitative estimate of drug-likeness (QED) is 0.497. The van der Waals surface area contributed by atoms with Crippen molar-refractivity contribution in [1.29, 1.82) is 0 Å². The number of nitrogens with zero attached hydrogens (tertiary/aromatic N) is 2. The summed E-state index contributed by atoms with van der Waals surface area (Å²) in [5, 5.41) is 3.73. The van der Waals surface area contributed by atoms with Gasteiger partial charge in [0.25, 0.3) is 0 Å². The Labute approximate surface area is 194 Å². The molecule has 0 saturated carbocycles. The van der Waals surface area contributed by atoms with Gasteiger partial charge in [0.2, 0.25) is 0 Å². The van der Waals surface area contributed by atoms with Crippen LogP contribution in [-0.4, -0.2) is 42.7 Å². The minimum atomic E-state index is -0.500. The topological polar surface area (TPSA) is 37.4 Å². The van der Waals surface area contributed by atoms with Crippen molar-refractivity contribution in [1.82, 2.24) is 15.2 Å². The first-order valence-corrected chi connectivity index (χ1v) is 11.6. The molecule has 0 bridgehead atoms. The van der Waals surface area contributed by atoms with Crippen molar-refractivity contribution in [3.8, 4) is 5.75 Å². The number of ether oxygens (including phenoxy) is 1. The molecule has 1 aliphatic heterocycles. The van der Waals surface area contributed by atoms with Gasteiger partial charge in [-0.05, 0) is 87.3 Å². The molecule has 4 nitrogen and oxygen atoms in total. The number of nitrogens with one attached hydrogen (secondary N) is 1. The summed E-state index contributed by atoms with van der Waals surface area (Å²) < 4.78 is 32.8. The predicted molar refractivity (Wildman–Crippen MR) is 126 cm³/mol. The number of halogens is 2. The van der Waals surface area contributed by atoms with Crippen LogP contribution in [0.25, 0.3) is 0 Å². The van der Waals surface area contributed by atoms with E-state index in [1.54, 1.807) is 24.4 Å². The molecule has 3 aromatic rings. The Hall–Kier alpha value is -2.83. The average molecular weight is 452 g/mol. The van der Waals surface area contributed by atoms with Crippen LogP contribution in [0.5, 0.6) is 5.75 Å². The first-order valence-electron chi connectivity index (χ1n) is 11.6. The van der Waals surface area contributed by atoms with E-state index < -0.39 is 5.54 Å². The third-order valence-electron chi connectivity index (χ3n) is 6.55. The van der Waals surface area contributed by atoms with Crippen molar-refractivity contribution in [3.63, 3.8) is 0 Å². The summed E-state index contributed by atoms with van der Waals surface area (Å²) in [5.74, 6) is 0.288. The van der Waals surface area contributed by atoms with Crippen LogP contribution in [-0.2, 0) is 5.54 Å². The molecular weight excluding hydrogens is 420 g/mol. The number of pyridine rings is 1. The second-order valence-electron chi connectivity index (χ2n) is 8.79. The van der Waals surface area contributed by atoms with Crippen molar-refractivity contribution < 1.29 is 13.5 Å². The van der Waals surface area contributed by atoms with E-state index in [0.717, 1.165) is 50.3 Å². The van der Waals surface area contributed by atoms with Gasteiger partial charge in [-0.1, -0.05) is 30.3 Å². The molecule has 0 spiro atoms. The molecule has 1 aliphatic rings. The van der Waals surface area contributed by atoms with E-state index in [4.69, 9.17) is 4.74 Å². The van der Waals surface area contributed by atoms with Gasteiger partial charge in [0.05, 0.1) is 11.2 Å². The Kier molecular flexibility index (Phi) is 7.68. The fraction of sp³-hybridized carbons (Fsp3) is 0.370. The summed E-state index contributed by atoms with van der Waals surface area (Å²) in [6.07, 6.45) is 3.95. The van der Waals surface area contributed by atoms with Gasteiger partial charge in [-0.15, -0.1) is 0 Å². The van der Waals surface area contributed by atoms with Crippen molar-refractivity contribution in [2.75, 3.05) is 32.8 Å². The van der Waals surface area contributed by atoms with Crippen molar-refractivity contribution >= 4 is 0 Å². The van der Waals surface area contributed by atoms with E-state index >= 15 is 0 Å². The van der Waals surface area contributed by atoms with E-state index in [1.165, 1.54) is 18.2 Å². The zero-order valence-corrected chi connectivity index (χ0v) is 19.0. The second kappa shape index (κ2) is 10.9. The highest BCUT2D eigenvalue weighted by molar-refractivity contribution is 5.34. The number of benzene rings is 2. The minimum Gasteiger partial charge on any atom is -0.489 e. The normalized spacial score (nSPS) is 16.9. The lowest BCUT2D eigenvalue weighted by atomic mass is 9.86. The molecule has 2 aromatic carbocycles. The molecule has 1 aromatic heterocycles. The van der Waals surface area contributed by atoms with Crippen LogP contribution in [0.1, 0.15) is 31.0 Å². The maximum atomic E-state index is 13.7. The van der Waals surface area contributed by atoms with Crippen LogP contribution in [0.3, 0.4) is 0 Å². The standard InChI is InChI=1S/C27H31F2N3O/c1-27(26-8-4-5-15-30-26,22-9-11-23(28)12-10-22)31-20-21-13-16-32(17-14-21)18-19-33-25-7-3-2-6-24(25)29/h2-12,15,21,31H,13-14,16-20H2,1H3. The zero-order chi connectivity index (χ0) is 23.1. The van der Waals surface area contributed by atoms with E-state index in [2.05, 4.69) is 22.1 Å². The number of para-hydroxylation sites is 1. The summed E-state index contributed by atoms with van der Waals surface area (Å²) in [5.41, 5.74) is 1.41. The summed E-state index contributed by atoms with van der Waals surface area (Å²) in [7, 11) is 0. The number of aromatic nitrogens is 1. The highest BCUT2D eigenvalue weighted by atomic mass is 19.1. The predicted octanol–water partition coefficient (Wildman–Crippen LogP) is 5.00. The van der Waals surface area contributed by atoms with Crippen molar-refractivity contribution in [3.05, 3.63) is 95.8 Å². The molecule has 174 valence electrons. The Morgan fingerprint density at radius 1 is 1.00 bits per heavy atom. The lowest BCUT2D eigenvalue weighted by molar-refractivity contribution is 0.149. The maximum Gasteiger partial charge on any atom is 0.165 e. The molecule has 4 rings (SSSR count). The van der Waals surface area contributed by atoms with Crippen LogP contribution >= 0.6 is 0 Å². The summed E-state index contributed by atoms with van der Waals surface area (Å²) in [6, 6.07) is 19.1. The van der Waals surface area contributed by atoms with Crippen LogP contribution < -0.4 is 10.1 Å². The van der Waals surface area contributed by atoms with Gasteiger partial charge in [-0.2, -0.15) is 0 Å². The Balaban J connectivity index is 1.30. The number of rotatable bonds is 9. The van der Waals surface area contributed by atoms with Gasteiger partial charge >= 0.3 is 0 Å². The van der Waals surface area contributed by atoms with Gasteiger partial charge in [-0.3, -0.25) is 9.88 Å². The SMILES string of the molecule is CC(NCC1CCN(CCOc2ccccc2F)CC1)(c1ccc(F)cc1)c1ccccn1. The van der Waals surface area contributed by atoms with Gasteiger partial charge in [-0.25, -0.2) is 8.78 Å². The highest BCUT2D eigenvalue weighted by Gasteiger charge is 2.31. The molecule has 0 aliphatic carbocycles. The van der Waals surface area contributed by atoms with Crippen LogP contribution in [0.15, 0.2) is 72.9 Å². The molecule has 2 heterocycles. The number of piperidine rings is 1. The molecule has 1 atom stereocenters. The number of hydrogen-bond acceptors (Lipinski definition) is 4. The van der Waals surface area contributed by atoms with E-state index in [1.807, 2.05) is 30.3 Å². The molecule has 0 radical (unpaired) electrons. The Morgan fingerprint density at radius 2 is 1.73 bits per heavy atom. The average Bonchev–Trinajstić information content (AvgIpc) is 2.85. The lowest BCUT2D eigenvalue weighted by Gasteiger charge is -2.36. The zero-order valence-electron chi connectivity index (χ0n) is 19.0. The second-order valence-corrected chi connectivity index (χ2v) is 8.79. The van der Waals surface area contributed by atoms with Crippen molar-refractivity contribution in [2.45, 2.75) is 25.3 Å². The fourth-order valence-electron chi connectivity index (χ4n) is 4.39. The number of likely N-dealkylation sites (tertiary alicyclic amines) is 1. The fourth-order valence-corrected chi connectivity index (χ4v) is 4.39. The summed E-state index contributed by atoms with van der Waals surface area (Å²) >= 11 is 0. The Morgan fingerprint density at radius 3 is 2.42 bits per heavy atom. The van der Waals surface area contributed by atoms with Crippen molar-refractivity contribution in [2.24, 2.45) is 5.92 Å². The largest absolute Gasteiger partial charge is 0.489 e.